The smallest absolute Gasteiger partial charge is 0.264 e. The van der Waals surface area contributed by atoms with E-state index in [2.05, 4.69) is 5.32 Å². The molecule has 0 bridgehead atoms. The van der Waals surface area contributed by atoms with E-state index in [9.17, 15) is 18.0 Å². The highest BCUT2D eigenvalue weighted by Crippen LogP contribution is 2.32. The summed E-state index contributed by atoms with van der Waals surface area (Å²) in [7, 11) is -1.21. The zero-order chi connectivity index (χ0) is 30.2. The molecule has 0 spiro atoms. The second-order valence-corrected chi connectivity index (χ2v) is 11.7. The Hall–Kier alpha value is -4.05. The van der Waals surface area contributed by atoms with Crippen LogP contribution in [0, 0.1) is 6.92 Å². The number of hydrogen-bond acceptors (Lipinski definition) is 6. The highest BCUT2D eigenvalue weighted by Gasteiger charge is 2.34. The molecule has 0 saturated carbocycles. The number of aryl methyl sites for hydroxylation is 1. The van der Waals surface area contributed by atoms with Gasteiger partial charge in [0.15, 0.2) is 0 Å². The van der Waals surface area contributed by atoms with E-state index in [1.165, 1.54) is 24.1 Å². The number of rotatable bonds is 13. The minimum atomic E-state index is -4.20. The number of carbonyl (C=O) groups excluding carboxylic acids is 2. The van der Waals surface area contributed by atoms with Crippen LogP contribution in [0.2, 0.25) is 0 Å². The molecule has 1 N–H and O–H groups in total. The molecule has 3 aromatic carbocycles. The summed E-state index contributed by atoms with van der Waals surface area (Å²) in [5.41, 5.74) is 1.84. The van der Waals surface area contributed by atoms with E-state index in [0.29, 0.717) is 5.75 Å². The van der Waals surface area contributed by atoms with Gasteiger partial charge in [0.05, 0.1) is 24.8 Å². The maximum Gasteiger partial charge on any atom is 0.264 e. The lowest BCUT2D eigenvalue weighted by Gasteiger charge is -2.32. The third kappa shape index (κ3) is 7.79. The minimum Gasteiger partial charge on any atom is -0.497 e. The van der Waals surface area contributed by atoms with E-state index < -0.39 is 28.5 Å². The van der Waals surface area contributed by atoms with Gasteiger partial charge in [-0.1, -0.05) is 48.9 Å². The maximum absolute atomic E-state index is 14.1. The van der Waals surface area contributed by atoms with Gasteiger partial charge in [0.2, 0.25) is 11.8 Å². The lowest BCUT2D eigenvalue weighted by molar-refractivity contribution is -0.139. The zero-order valence-electron chi connectivity index (χ0n) is 24.5. The molecule has 3 aromatic rings. The van der Waals surface area contributed by atoms with Gasteiger partial charge in [0, 0.05) is 12.6 Å². The van der Waals surface area contributed by atoms with Crippen LogP contribution in [0.4, 0.5) is 5.69 Å². The first-order valence-corrected chi connectivity index (χ1v) is 14.9. The van der Waals surface area contributed by atoms with Crippen molar-refractivity contribution in [2.75, 3.05) is 25.1 Å². The lowest BCUT2D eigenvalue weighted by Crippen LogP contribution is -2.52. The van der Waals surface area contributed by atoms with Crippen molar-refractivity contribution in [3.63, 3.8) is 0 Å². The third-order valence-corrected chi connectivity index (χ3v) is 8.67. The fraction of sp³-hybridized carbons (Fsp3) is 0.355. The molecule has 0 radical (unpaired) electrons. The molecule has 0 aliphatic heterocycles. The Kier molecular flexibility index (Phi) is 10.8. The number of hydrogen-bond donors (Lipinski definition) is 1. The molecule has 0 unspecified atom stereocenters. The second kappa shape index (κ2) is 14.0. The quantitative estimate of drug-likeness (QED) is 0.318. The number of nitrogens with one attached hydrogen (secondary N) is 1. The van der Waals surface area contributed by atoms with Crippen LogP contribution in [-0.4, -0.2) is 58.0 Å². The zero-order valence-corrected chi connectivity index (χ0v) is 25.3. The SMILES string of the molecule is CC[C@@H](C)NC(=O)[C@@H](C)N(Cc1cccc(OC)c1)C(=O)CN(c1ccccc1OC)S(=O)(=O)c1ccc(C)cc1. The highest BCUT2D eigenvalue weighted by molar-refractivity contribution is 7.92. The first-order valence-electron chi connectivity index (χ1n) is 13.5. The number of para-hydroxylation sites is 2. The van der Waals surface area contributed by atoms with Crippen molar-refractivity contribution in [2.45, 2.75) is 57.6 Å². The van der Waals surface area contributed by atoms with Crippen LogP contribution in [0.1, 0.15) is 38.3 Å². The van der Waals surface area contributed by atoms with Gasteiger partial charge in [-0.25, -0.2) is 8.42 Å². The van der Waals surface area contributed by atoms with Crippen LogP contribution in [0.5, 0.6) is 11.5 Å². The van der Waals surface area contributed by atoms with Gasteiger partial charge >= 0.3 is 0 Å². The summed E-state index contributed by atoms with van der Waals surface area (Å²) in [5, 5.41) is 2.93. The maximum atomic E-state index is 14.1. The van der Waals surface area contributed by atoms with Gasteiger partial charge in [-0.15, -0.1) is 0 Å². The Labute approximate surface area is 243 Å². The van der Waals surface area contributed by atoms with Gasteiger partial charge in [-0.3, -0.25) is 13.9 Å². The number of benzene rings is 3. The monoisotopic (exact) mass is 581 g/mol. The number of amides is 2. The number of anilines is 1. The summed E-state index contributed by atoms with van der Waals surface area (Å²) in [6.45, 7) is 6.85. The van der Waals surface area contributed by atoms with Crippen LogP contribution in [0.25, 0.3) is 0 Å². The highest BCUT2D eigenvalue weighted by atomic mass is 32.2. The molecule has 220 valence electrons. The van der Waals surface area contributed by atoms with E-state index in [-0.39, 0.29) is 34.8 Å². The van der Waals surface area contributed by atoms with Crippen LogP contribution in [0.3, 0.4) is 0 Å². The summed E-state index contributed by atoms with van der Waals surface area (Å²) >= 11 is 0. The summed E-state index contributed by atoms with van der Waals surface area (Å²) in [5.74, 6) is 0.00384. The van der Waals surface area contributed by atoms with Crippen molar-refractivity contribution in [2.24, 2.45) is 0 Å². The van der Waals surface area contributed by atoms with Crippen LogP contribution < -0.4 is 19.1 Å². The Morgan fingerprint density at radius 3 is 2.24 bits per heavy atom. The van der Waals surface area contributed by atoms with Crippen LogP contribution in [0.15, 0.2) is 77.7 Å². The van der Waals surface area contributed by atoms with Crippen molar-refractivity contribution >= 4 is 27.5 Å². The van der Waals surface area contributed by atoms with E-state index in [0.717, 1.165) is 21.9 Å². The topological polar surface area (TPSA) is 105 Å². The van der Waals surface area contributed by atoms with E-state index in [1.807, 2.05) is 26.8 Å². The van der Waals surface area contributed by atoms with Crippen molar-refractivity contribution in [1.82, 2.24) is 10.2 Å². The average molecular weight is 582 g/mol. The molecule has 0 heterocycles. The van der Waals surface area contributed by atoms with E-state index in [1.54, 1.807) is 68.6 Å². The minimum absolute atomic E-state index is 0.0312. The molecule has 10 heteroatoms. The molecule has 2 atom stereocenters. The number of nitrogens with zero attached hydrogens (tertiary/aromatic N) is 2. The van der Waals surface area contributed by atoms with Crippen LogP contribution >= 0.6 is 0 Å². The fourth-order valence-corrected chi connectivity index (χ4v) is 5.63. The van der Waals surface area contributed by atoms with Crippen molar-refractivity contribution < 1.29 is 27.5 Å². The third-order valence-electron chi connectivity index (χ3n) is 6.90. The summed E-state index contributed by atoms with van der Waals surface area (Å²) in [6, 6.07) is 19.2. The molecule has 9 nitrogen and oxygen atoms in total. The normalized spacial score (nSPS) is 12.6. The molecule has 0 aliphatic rings. The molecule has 0 aromatic heterocycles. The standard InChI is InChI=1S/C31H39N3O6S/c1-7-23(3)32-31(36)24(4)33(20-25-11-10-12-26(19-25)39-5)30(35)21-34(28-13-8-9-14-29(28)40-6)41(37,38)27-17-15-22(2)16-18-27/h8-19,23-24H,7,20-21H2,1-6H3,(H,32,36)/t23-,24-/m1/s1. The predicted octanol–water partition coefficient (Wildman–Crippen LogP) is 4.54. The van der Waals surface area contributed by atoms with Gasteiger partial charge in [-0.2, -0.15) is 0 Å². The van der Waals surface area contributed by atoms with Gasteiger partial charge in [0.25, 0.3) is 10.0 Å². The number of methoxy groups -OCH3 is 2. The summed E-state index contributed by atoms with van der Waals surface area (Å²) in [6.07, 6.45) is 0.721. The molecule has 0 aliphatic carbocycles. The predicted molar refractivity (Wildman–Crippen MR) is 160 cm³/mol. The number of sulfonamides is 1. The van der Waals surface area contributed by atoms with E-state index >= 15 is 0 Å². The van der Waals surface area contributed by atoms with Crippen LogP contribution in [-0.2, 0) is 26.2 Å². The number of ether oxygens (including phenoxy) is 2. The second-order valence-electron chi connectivity index (χ2n) is 9.86. The Bertz CT molecular complexity index is 1440. The Morgan fingerprint density at radius 2 is 1.61 bits per heavy atom. The molecule has 41 heavy (non-hydrogen) atoms. The molecule has 0 fully saturated rings. The molecule has 2 amide bonds. The first kappa shape index (κ1) is 31.5. The van der Waals surface area contributed by atoms with Crippen molar-refractivity contribution in [3.8, 4) is 11.5 Å². The van der Waals surface area contributed by atoms with Gasteiger partial charge < -0.3 is 19.7 Å². The van der Waals surface area contributed by atoms with Crippen molar-refractivity contribution in [3.05, 3.63) is 83.9 Å². The number of carbonyl (C=O) groups is 2. The lowest BCUT2D eigenvalue weighted by atomic mass is 10.1. The van der Waals surface area contributed by atoms with E-state index in [4.69, 9.17) is 9.47 Å². The summed E-state index contributed by atoms with van der Waals surface area (Å²) < 4.78 is 39.9. The van der Waals surface area contributed by atoms with Crippen molar-refractivity contribution in [1.29, 1.82) is 0 Å². The van der Waals surface area contributed by atoms with Gasteiger partial charge in [0.1, 0.15) is 24.1 Å². The largest absolute Gasteiger partial charge is 0.497 e. The average Bonchev–Trinajstić information content (AvgIpc) is 2.98. The Balaban J connectivity index is 2.07. The first-order chi connectivity index (χ1) is 19.5. The Morgan fingerprint density at radius 1 is 0.927 bits per heavy atom. The molecule has 0 saturated heterocycles. The molecular weight excluding hydrogens is 542 g/mol. The molecule has 3 rings (SSSR count). The summed E-state index contributed by atoms with van der Waals surface area (Å²) in [4.78, 5) is 28.7. The van der Waals surface area contributed by atoms with Gasteiger partial charge in [-0.05, 0) is 69.2 Å². The molecular formula is C31H39N3O6S. The fourth-order valence-electron chi connectivity index (χ4n) is 4.20.